The van der Waals surface area contributed by atoms with E-state index in [4.69, 9.17) is 4.52 Å². The van der Waals surface area contributed by atoms with Crippen molar-refractivity contribution < 1.29 is 9.32 Å². The van der Waals surface area contributed by atoms with E-state index in [1.165, 1.54) is 11.8 Å². The van der Waals surface area contributed by atoms with Crippen molar-refractivity contribution in [1.29, 1.82) is 0 Å². The van der Waals surface area contributed by atoms with Crippen LogP contribution in [0.3, 0.4) is 0 Å². The standard InChI is InChI=1S/C20H16N4O2S2/c25-20(21-13-5-6-13)15-9-18(22-16-4-2-1-3-14(15)16)28-11-17-23-19(24-26-17)12-7-8-27-10-12/h1-4,7-10,13H,5-6,11H2,(H,21,25). The third-order valence-electron chi connectivity index (χ3n) is 4.44. The Hall–Kier alpha value is -2.71. The lowest BCUT2D eigenvalue weighted by molar-refractivity contribution is 0.0952. The molecule has 28 heavy (non-hydrogen) atoms. The zero-order valence-electron chi connectivity index (χ0n) is 14.8. The highest BCUT2D eigenvalue weighted by molar-refractivity contribution is 7.98. The van der Waals surface area contributed by atoms with Crippen molar-refractivity contribution in [2.75, 3.05) is 0 Å². The Morgan fingerprint density at radius 1 is 1.25 bits per heavy atom. The number of thiophene rings is 1. The number of carbonyl (C=O) groups is 1. The summed E-state index contributed by atoms with van der Waals surface area (Å²) in [6, 6.07) is 11.8. The van der Waals surface area contributed by atoms with Crippen LogP contribution < -0.4 is 5.32 Å². The largest absolute Gasteiger partial charge is 0.349 e. The molecule has 8 heteroatoms. The van der Waals surface area contributed by atoms with Crippen molar-refractivity contribution in [2.24, 2.45) is 0 Å². The number of thioether (sulfide) groups is 1. The van der Waals surface area contributed by atoms with E-state index in [0.717, 1.165) is 34.3 Å². The maximum absolute atomic E-state index is 12.7. The fourth-order valence-corrected chi connectivity index (χ4v) is 4.25. The van der Waals surface area contributed by atoms with E-state index in [2.05, 4.69) is 20.4 Å². The number of nitrogens with one attached hydrogen (secondary N) is 1. The normalized spacial score (nSPS) is 13.7. The second kappa shape index (κ2) is 7.37. The Kier molecular flexibility index (Phi) is 4.58. The van der Waals surface area contributed by atoms with Crippen LogP contribution in [-0.2, 0) is 5.75 Å². The van der Waals surface area contributed by atoms with Crippen LogP contribution in [0.5, 0.6) is 0 Å². The monoisotopic (exact) mass is 408 g/mol. The van der Waals surface area contributed by atoms with E-state index < -0.39 is 0 Å². The Morgan fingerprint density at radius 2 is 2.14 bits per heavy atom. The van der Waals surface area contributed by atoms with E-state index in [9.17, 15) is 4.79 Å². The molecule has 4 aromatic rings. The molecular weight excluding hydrogens is 392 g/mol. The van der Waals surface area contributed by atoms with Crippen LogP contribution in [0.25, 0.3) is 22.3 Å². The number of pyridine rings is 1. The van der Waals surface area contributed by atoms with Crippen LogP contribution in [-0.4, -0.2) is 27.1 Å². The fraction of sp³-hybridized carbons (Fsp3) is 0.200. The van der Waals surface area contributed by atoms with Gasteiger partial charge in [-0.1, -0.05) is 35.1 Å². The fourth-order valence-electron chi connectivity index (χ4n) is 2.86. The lowest BCUT2D eigenvalue weighted by Gasteiger charge is -2.09. The summed E-state index contributed by atoms with van der Waals surface area (Å²) in [5.41, 5.74) is 2.41. The van der Waals surface area contributed by atoms with Gasteiger partial charge in [-0.15, -0.1) is 0 Å². The number of amides is 1. The van der Waals surface area contributed by atoms with Crippen molar-refractivity contribution in [3.8, 4) is 11.4 Å². The molecule has 1 N–H and O–H groups in total. The number of aromatic nitrogens is 3. The summed E-state index contributed by atoms with van der Waals surface area (Å²) in [4.78, 5) is 21.8. The van der Waals surface area contributed by atoms with E-state index in [1.807, 2.05) is 47.2 Å². The van der Waals surface area contributed by atoms with Gasteiger partial charge in [0.2, 0.25) is 11.7 Å². The van der Waals surface area contributed by atoms with Crippen LogP contribution in [0.2, 0.25) is 0 Å². The number of rotatable bonds is 6. The first kappa shape index (κ1) is 17.4. The van der Waals surface area contributed by atoms with Gasteiger partial charge in [0.1, 0.15) is 0 Å². The predicted molar refractivity (Wildman–Crippen MR) is 109 cm³/mol. The molecule has 140 valence electrons. The van der Waals surface area contributed by atoms with Crippen molar-refractivity contribution in [2.45, 2.75) is 29.7 Å². The highest BCUT2D eigenvalue weighted by Gasteiger charge is 2.25. The Morgan fingerprint density at radius 3 is 2.96 bits per heavy atom. The van der Waals surface area contributed by atoms with Crippen LogP contribution >= 0.6 is 23.1 Å². The van der Waals surface area contributed by atoms with E-state index in [-0.39, 0.29) is 5.91 Å². The molecule has 0 spiro atoms. The first-order valence-corrected chi connectivity index (χ1v) is 10.9. The summed E-state index contributed by atoms with van der Waals surface area (Å²) in [5, 5.41) is 12.7. The molecule has 0 unspecified atom stereocenters. The average Bonchev–Trinajstić information content (AvgIpc) is 3.19. The van der Waals surface area contributed by atoms with Gasteiger partial charge in [-0.2, -0.15) is 16.3 Å². The molecule has 6 nitrogen and oxygen atoms in total. The number of carbonyl (C=O) groups excluding carboxylic acids is 1. The van der Waals surface area contributed by atoms with Crippen LogP contribution in [0.1, 0.15) is 29.1 Å². The molecule has 0 aliphatic heterocycles. The molecule has 1 fully saturated rings. The molecule has 1 aliphatic rings. The highest BCUT2D eigenvalue weighted by Crippen LogP contribution is 2.28. The summed E-state index contributed by atoms with van der Waals surface area (Å²) in [6.07, 6.45) is 2.11. The average molecular weight is 409 g/mol. The Bertz CT molecular complexity index is 1140. The van der Waals surface area contributed by atoms with Crippen LogP contribution in [0, 0.1) is 0 Å². The SMILES string of the molecule is O=C(NC1CC1)c1cc(SCc2nc(-c3ccsc3)no2)nc2ccccc12. The molecule has 1 aliphatic carbocycles. The van der Waals surface area contributed by atoms with Crippen LogP contribution in [0.15, 0.2) is 56.7 Å². The van der Waals surface area contributed by atoms with Crippen molar-refractivity contribution in [3.63, 3.8) is 0 Å². The van der Waals surface area contributed by atoms with Gasteiger partial charge in [-0.3, -0.25) is 4.79 Å². The van der Waals surface area contributed by atoms with E-state index in [0.29, 0.717) is 29.1 Å². The first-order chi connectivity index (χ1) is 13.8. The highest BCUT2D eigenvalue weighted by atomic mass is 32.2. The van der Waals surface area contributed by atoms with Gasteiger partial charge in [0, 0.05) is 22.4 Å². The quantitative estimate of drug-likeness (QED) is 0.472. The summed E-state index contributed by atoms with van der Waals surface area (Å²) in [7, 11) is 0. The molecule has 1 saturated carbocycles. The van der Waals surface area contributed by atoms with Gasteiger partial charge < -0.3 is 9.84 Å². The van der Waals surface area contributed by atoms with E-state index >= 15 is 0 Å². The first-order valence-electron chi connectivity index (χ1n) is 8.95. The van der Waals surface area contributed by atoms with Crippen molar-refractivity contribution in [1.82, 2.24) is 20.4 Å². The van der Waals surface area contributed by atoms with Gasteiger partial charge >= 0.3 is 0 Å². The summed E-state index contributed by atoms with van der Waals surface area (Å²) in [6.45, 7) is 0. The maximum Gasteiger partial charge on any atom is 0.252 e. The van der Waals surface area contributed by atoms with Crippen molar-refractivity contribution in [3.05, 3.63) is 58.6 Å². The number of nitrogens with zero attached hydrogens (tertiary/aromatic N) is 3. The molecule has 0 atom stereocenters. The molecule has 0 saturated heterocycles. The zero-order chi connectivity index (χ0) is 18.9. The minimum atomic E-state index is -0.0412. The van der Waals surface area contributed by atoms with E-state index in [1.54, 1.807) is 11.3 Å². The lowest BCUT2D eigenvalue weighted by atomic mass is 10.1. The topological polar surface area (TPSA) is 80.9 Å². The number of hydrogen-bond donors (Lipinski definition) is 1. The zero-order valence-corrected chi connectivity index (χ0v) is 16.4. The third-order valence-corrected chi connectivity index (χ3v) is 6.02. The van der Waals surface area contributed by atoms with Gasteiger partial charge in [0.15, 0.2) is 0 Å². The molecule has 3 aromatic heterocycles. The summed E-state index contributed by atoms with van der Waals surface area (Å²) < 4.78 is 5.35. The Balaban J connectivity index is 1.39. The summed E-state index contributed by atoms with van der Waals surface area (Å²) in [5.74, 6) is 1.57. The lowest BCUT2D eigenvalue weighted by Crippen LogP contribution is -2.25. The van der Waals surface area contributed by atoms with Crippen molar-refractivity contribution >= 4 is 39.9 Å². The maximum atomic E-state index is 12.7. The molecular formula is C20H16N4O2S2. The number of benzene rings is 1. The van der Waals surface area contributed by atoms with Gasteiger partial charge in [-0.05, 0) is 36.4 Å². The van der Waals surface area contributed by atoms with Crippen LogP contribution in [0.4, 0.5) is 0 Å². The Labute approximate surface area is 169 Å². The minimum absolute atomic E-state index is 0.0412. The summed E-state index contributed by atoms with van der Waals surface area (Å²) >= 11 is 3.07. The molecule has 1 aromatic carbocycles. The van der Waals surface area contributed by atoms with Gasteiger partial charge in [0.05, 0.1) is 21.9 Å². The number of para-hydroxylation sites is 1. The molecule has 1 amide bonds. The second-order valence-electron chi connectivity index (χ2n) is 6.59. The molecule has 5 rings (SSSR count). The number of hydrogen-bond acceptors (Lipinski definition) is 7. The van der Waals surface area contributed by atoms with Gasteiger partial charge in [0.25, 0.3) is 5.91 Å². The minimum Gasteiger partial charge on any atom is -0.349 e. The van der Waals surface area contributed by atoms with Gasteiger partial charge in [-0.25, -0.2) is 4.98 Å². The molecule has 0 bridgehead atoms. The molecule has 3 heterocycles. The molecule has 0 radical (unpaired) electrons. The smallest absolute Gasteiger partial charge is 0.252 e. The second-order valence-corrected chi connectivity index (χ2v) is 8.36. The predicted octanol–water partition coefficient (Wildman–Crippen LogP) is 4.53. The third kappa shape index (κ3) is 3.65. The number of fused-ring (bicyclic) bond motifs is 1.